The zero-order valence-electron chi connectivity index (χ0n) is 12.8. The Hall–Kier alpha value is -1.51. The number of hydrogen-bond acceptors (Lipinski definition) is 5. The van der Waals surface area contributed by atoms with Crippen molar-refractivity contribution in [3.63, 3.8) is 0 Å². The first kappa shape index (κ1) is 18.5. The molecule has 0 saturated heterocycles. The van der Waals surface area contributed by atoms with Crippen LogP contribution in [0.1, 0.15) is 37.0 Å². The number of rotatable bonds is 7. The lowest BCUT2D eigenvalue weighted by Gasteiger charge is -2.31. The molecule has 8 heteroatoms. The summed E-state index contributed by atoms with van der Waals surface area (Å²) in [6.07, 6.45) is 0.921. The van der Waals surface area contributed by atoms with Crippen LogP contribution in [0.4, 0.5) is 4.39 Å². The van der Waals surface area contributed by atoms with Crippen molar-refractivity contribution in [3.05, 3.63) is 29.6 Å². The van der Waals surface area contributed by atoms with Gasteiger partial charge in [-0.05, 0) is 25.0 Å². The Morgan fingerprint density at radius 3 is 2.41 bits per heavy atom. The minimum absolute atomic E-state index is 0.0854. The SMILES string of the molecule is CCC(CC)(CN)NS(=O)(=O)c1cccc(F)c1C(=O)OC. The van der Waals surface area contributed by atoms with Crippen LogP contribution >= 0.6 is 0 Å². The predicted octanol–water partition coefficient (Wildman–Crippen LogP) is 1.41. The highest BCUT2D eigenvalue weighted by atomic mass is 32.2. The first-order valence-electron chi connectivity index (χ1n) is 6.87. The summed E-state index contributed by atoms with van der Waals surface area (Å²) in [6.45, 7) is 3.68. The van der Waals surface area contributed by atoms with Crippen LogP contribution in [0.5, 0.6) is 0 Å². The third-order valence-electron chi connectivity index (χ3n) is 3.75. The number of carbonyl (C=O) groups is 1. The van der Waals surface area contributed by atoms with E-state index in [0.717, 1.165) is 19.2 Å². The second-order valence-electron chi connectivity index (χ2n) is 4.90. The summed E-state index contributed by atoms with van der Waals surface area (Å²) < 4.78 is 46.0. The summed E-state index contributed by atoms with van der Waals surface area (Å²) in [4.78, 5) is 11.2. The molecule has 0 aliphatic carbocycles. The molecule has 0 aliphatic rings. The second-order valence-corrected chi connectivity index (χ2v) is 6.55. The Kier molecular flexibility index (Phi) is 6.04. The molecule has 0 bridgehead atoms. The topological polar surface area (TPSA) is 98.5 Å². The average Bonchev–Trinajstić information content (AvgIpc) is 2.51. The number of halogens is 1. The van der Waals surface area contributed by atoms with E-state index >= 15 is 0 Å². The summed E-state index contributed by atoms with van der Waals surface area (Å²) in [5, 5.41) is 0. The number of ether oxygens (including phenoxy) is 1. The van der Waals surface area contributed by atoms with Gasteiger partial charge in [0.25, 0.3) is 0 Å². The van der Waals surface area contributed by atoms with Crippen LogP contribution in [0.2, 0.25) is 0 Å². The molecule has 0 aromatic heterocycles. The Labute approximate surface area is 129 Å². The average molecular weight is 332 g/mol. The molecule has 0 atom stereocenters. The van der Waals surface area contributed by atoms with Gasteiger partial charge in [-0.15, -0.1) is 0 Å². The molecule has 0 spiro atoms. The summed E-state index contributed by atoms with van der Waals surface area (Å²) in [6, 6.07) is 3.38. The lowest BCUT2D eigenvalue weighted by Crippen LogP contribution is -2.52. The van der Waals surface area contributed by atoms with Gasteiger partial charge in [0, 0.05) is 12.1 Å². The monoisotopic (exact) mass is 332 g/mol. The molecule has 0 saturated carbocycles. The van der Waals surface area contributed by atoms with Gasteiger partial charge in [-0.2, -0.15) is 0 Å². The van der Waals surface area contributed by atoms with Crippen molar-refractivity contribution >= 4 is 16.0 Å². The van der Waals surface area contributed by atoms with Crippen molar-refractivity contribution in [3.8, 4) is 0 Å². The van der Waals surface area contributed by atoms with E-state index in [1.165, 1.54) is 6.07 Å². The first-order valence-corrected chi connectivity index (χ1v) is 8.36. The molecule has 0 unspecified atom stereocenters. The van der Waals surface area contributed by atoms with Crippen LogP contribution in [0.15, 0.2) is 23.1 Å². The largest absolute Gasteiger partial charge is 0.465 e. The zero-order valence-corrected chi connectivity index (χ0v) is 13.7. The summed E-state index contributed by atoms with van der Waals surface area (Å²) >= 11 is 0. The molecule has 0 heterocycles. The molecule has 0 aliphatic heterocycles. The van der Waals surface area contributed by atoms with Crippen molar-refractivity contribution in [2.75, 3.05) is 13.7 Å². The fourth-order valence-electron chi connectivity index (χ4n) is 2.09. The highest BCUT2D eigenvalue weighted by molar-refractivity contribution is 7.89. The fourth-order valence-corrected chi connectivity index (χ4v) is 3.85. The van der Waals surface area contributed by atoms with Crippen LogP contribution in [0.25, 0.3) is 0 Å². The molecule has 124 valence electrons. The Morgan fingerprint density at radius 2 is 1.95 bits per heavy atom. The van der Waals surface area contributed by atoms with Crippen LogP contribution < -0.4 is 10.5 Å². The molecule has 22 heavy (non-hydrogen) atoms. The van der Waals surface area contributed by atoms with Gasteiger partial charge in [0.2, 0.25) is 10.0 Å². The van der Waals surface area contributed by atoms with Gasteiger partial charge in [0.1, 0.15) is 11.4 Å². The number of nitrogens with one attached hydrogen (secondary N) is 1. The maximum atomic E-state index is 13.9. The minimum Gasteiger partial charge on any atom is -0.465 e. The van der Waals surface area contributed by atoms with Crippen molar-refractivity contribution in [1.82, 2.24) is 4.72 Å². The molecular formula is C14H21FN2O4S. The van der Waals surface area contributed by atoms with Gasteiger partial charge in [-0.3, -0.25) is 0 Å². The van der Waals surface area contributed by atoms with E-state index in [1.54, 1.807) is 13.8 Å². The van der Waals surface area contributed by atoms with E-state index in [4.69, 9.17) is 5.73 Å². The molecule has 6 nitrogen and oxygen atoms in total. The number of benzene rings is 1. The number of carbonyl (C=O) groups excluding carboxylic acids is 1. The van der Waals surface area contributed by atoms with E-state index in [-0.39, 0.29) is 6.54 Å². The smallest absolute Gasteiger partial charge is 0.342 e. The van der Waals surface area contributed by atoms with Gasteiger partial charge in [0.05, 0.1) is 12.0 Å². The van der Waals surface area contributed by atoms with Crippen molar-refractivity contribution in [2.45, 2.75) is 37.1 Å². The maximum absolute atomic E-state index is 13.9. The third-order valence-corrected chi connectivity index (χ3v) is 5.37. The number of nitrogens with two attached hydrogens (primary N) is 1. The second kappa shape index (κ2) is 7.17. The zero-order chi connectivity index (χ0) is 17.0. The first-order chi connectivity index (χ1) is 10.3. The quantitative estimate of drug-likeness (QED) is 0.736. The molecule has 0 amide bonds. The van der Waals surface area contributed by atoms with Gasteiger partial charge in [0.15, 0.2) is 0 Å². The maximum Gasteiger partial charge on any atom is 0.342 e. The van der Waals surface area contributed by atoms with Gasteiger partial charge >= 0.3 is 5.97 Å². The molecule has 0 fully saturated rings. The lowest BCUT2D eigenvalue weighted by atomic mass is 9.95. The normalized spacial score (nSPS) is 12.2. The van der Waals surface area contributed by atoms with Gasteiger partial charge < -0.3 is 10.5 Å². The standard InChI is InChI=1S/C14H21FN2O4S/c1-4-14(5-2,9-16)17-22(19,20)11-8-6-7-10(15)12(11)13(18)21-3/h6-8,17H,4-5,9,16H2,1-3H3. The lowest BCUT2D eigenvalue weighted by molar-refractivity contribution is 0.0590. The van der Waals surface area contributed by atoms with Crippen LogP contribution in [-0.4, -0.2) is 33.6 Å². The fraction of sp³-hybridized carbons (Fsp3) is 0.500. The van der Waals surface area contributed by atoms with Crippen molar-refractivity contribution in [2.24, 2.45) is 5.73 Å². The summed E-state index contributed by atoms with van der Waals surface area (Å²) in [5.74, 6) is -2.01. The molecule has 1 aromatic carbocycles. The number of hydrogen-bond donors (Lipinski definition) is 2. The van der Waals surface area contributed by atoms with Crippen molar-refractivity contribution in [1.29, 1.82) is 0 Å². The minimum atomic E-state index is -4.13. The van der Waals surface area contributed by atoms with E-state index in [0.29, 0.717) is 12.8 Å². The van der Waals surface area contributed by atoms with E-state index in [2.05, 4.69) is 9.46 Å². The van der Waals surface area contributed by atoms with Crippen LogP contribution in [-0.2, 0) is 14.8 Å². The Balaban J connectivity index is 3.41. The Bertz CT molecular complexity index is 634. The van der Waals surface area contributed by atoms with Crippen molar-refractivity contribution < 1.29 is 22.3 Å². The number of sulfonamides is 1. The van der Waals surface area contributed by atoms with E-state index in [1.807, 2.05) is 0 Å². The molecule has 1 rings (SSSR count). The van der Waals surface area contributed by atoms with Gasteiger partial charge in [-0.25, -0.2) is 22.3 Å². The molecular weight excluding hydrogens is 311 g/mol. The predicted molar refractivity (Wildman–Crippen MR) is 80.4 cm³/mol. The molecule has 1 aromatic rings. The summed E-state index contributed by atoms with van der Waals surface area (Å²) in [5.41, 5.74) is 4.21. The van der Waals surface area contributed by atoms with Crippen LogP contribution in [0, 0.1) is 5.82 Å². The highest BCUT2D eigenvalue weighted by Crippen LogP contribution is 2.23. The summed E-state index contributed by atoms with van der Waals surface area (Å²) in [7, 11) is -3.08. The molecule has 0 radical (unpaired) electrons. The van der Waals surface area contributed by atoms with Crippen LogP contribution in [0.3, 0.4) is 0 Å². The molecule has 3 N–H and O–H groups in total. The van der Waals surface area contributed by atoms with Gasteiger partial charge in [-0.1, -0.05) is 19.9 Å². The Morgan fingerprint density at radius 1 is 1.36 bits per heavy atom. The number of methoxy groups -OCH3 is 1. The van der Waals surface area contributed by atoms with E-state index in [9.17, 15) is 17.6 Å². The van der Waals surface area contributed by atoms with E-state index < -0.39 is 37.8 Å². The third kappa shape index (κ3) is 3.63. The highest BCUT2D eigenvalue weighted by Gasteiger charge is 2.34. The number of esters is 1.